The minimum absolute atomic E-state index is 0.641. The van der Waals surface area contributed by atoms with Crippen LogP contribution in [0.1, 0.15) is 16.9 Å². The Labute approximate surface area is 302 Å². The minimum Gasteiger partial charge on any atom is -0.456 e. The summed E-state index contributed by atoms with van der Waals surface area (Å²) in [5, 5.41) is 5.68. The molecular formula is C48H33N3O. The van der Waals surface area contributed by atoms with Gasteiger partial charge in [0, 0.05) is 27.6 Å². The van der Waals surface area contributed by atoms with Gasteiger partial charge in [-0.3, -0.25) is 0 Å². The van der Waals surface area contributed by atoms with Gasteiger partial charge >= 0.3 is 0 Å². The molecule has 0 aliphatic heterocycles. The second-order valence-electron chi connectivity index (χ2n) is 12.8. The summed E-state index contributed by atoms with van der Waals surface area (Å²) in [6.07, 6.45) is 6.88. The highest BCUT2D eigenvalue weighted by Gasteiger charge is 2.19. The van der Waals surface area contributed by atoms with Gasteiger partial charge in [-0.15, -0.1) is 0 Å². The van der Waals surface area contributed by atoms with Crippen LogP contribution in [0.15, 0.2) is 175 Å². The summed E-state index contributed by atoms with van der Waals surface area (Å²) in [7, 11) is 0. The molecule has 4 nitrogen and oxygen atoms in total. The van der Waals surface area contributed by atoms with E-state index in [0.29, 0.717) is 17.5 Å². The second-order valence-corrected chi connectivity index (χ2v) is 12.8. The highest BCUT2D eigenvalue weighted by molar-refractivity contribution is 6.10. The van der Waals surface area contributed by atoms with Crippen LogP contribution in [-0.2, 0) is 6.42 Å². The Morgan fingerprint density at radius 1 is 0.519 bits per heavy atom. The molecular weight excluding hydrogens is 635 g/mol. The van der Waals surface area contributed by atoms with E-state index in [1.54, 1.807) is 0 Å². The van der Waals surface area contributed by atoms with Crippen LogP contribution in [0, 0.1) is 0 Å². The summed E-state index contributed by atoms with van der Waals surface area (Å²) in [6.45, 7) is 4.11. The largest absolute Gasteiger partial charge is 0.456 e. The summed E-state index contributed by atoms with van der Waals surface area (Å²) in [5.74, 6) is 2.74. The lowest BCUT2D eigenvalue weighted by molar-refractivity contribution is 0.603. The summed E-state index contributed by atoms with van der Waals surface area (Å²) in [6, 6.07) is 54.3. The van der Waals surface area contributed by atoms with Gasteiger partial charge in [0.2, 0.25) is 0 Å². The smallest absolute Gasteiger partial charge is 0.165 e. The van der Waals surface area contributed by atoms with Crippen LogP contribution in [-0.4, -0.2) is 15.0 Å². The Hall–Kier alpha value is -6.91. The van der Waals surface area contributed by atoms with Crippen LogP contribution in [0.5, 0.6) is 0 Å². The van der Waals surface area contributed by atoms with Gasteiger partial charge in [-0.25, -0.2) is 15.0 Å². The number of allylic oxidation sites excluding steroid dienone is 1. The average molecular weight is 668 g/mol. The van der Waals surface area contributed by atoms with E-state index in [4.69, 9.17) is 19.4 Å². The molecule has 0 N–H and O–H groups in total. The Morgan fingerprint density at radius 3 is 1.77 bits per heavy atom. The Bertz CT molecular complexity index is 2710. The minimum atomic E-state index is 0.641. The van der Waals surface area contributed by atoms with Crippen LogP contribution < -0.4 is 0 Å². The van der Waals surface area contributed by atoms with E-state index in [0.717, 1.165) is 67.3 Å². The summed E-state index contributed by atoms with van der Waals surface area (Å²) in [4.78, 5) is 15.2. The number of furan rings is 1. The highest BCUT2D eigenvalue weighted by atomic mass is 16.3. The van der Waals surface area contributed by atoms with E-state index in [-0.39, 0.29) is 0 Å². The van der Waals surface area contributed by atoms with Gasteiger partial charge in [0.05, 0.1) is 0 Å². The Balaban J connectivity index is 1.09. The van der Waals surface area contributed by atoms with Crippen molar-refractivity contribution in [1.29, 1.82) is 0 Å². The number of rotatable bonds is 8. The van der Waals surface area contributed by atoms with Crippen molar-refractivity contribution in [3.8, 4) is 45.3 Å². The fourth-order valence-electron chi connectivity index (χ4n) is 7.03. The van der Waals surface area contributed by atoms with Crippen molar-refractivity contribution in [1.82, 2.24) is 15.0 Å². The normalized spacial score (nSPS) is 11.5. The first-order chi connectivity index (χ1) is 25.7. The van der Waals surface area contributed by atoms with Gasteiger partial charge in [0.1, 0.15) is 11.3 Å². The predicted molar refractivity (Wildman–Crippen MR) is 216 cm³/mol. The molecule has 0 bridgehead atoms. The number of hydrogen-bond donors (Lipinski definition) is 0. The fraction of sp³-hybridized carbons (Fsp3) is 0.0208. The molecule has 0 atom stereocenters. The topological polar surface area (TPSA) is 51.8 Å². The van der Waals surface area contributed by atoms with Crippen LogP contribution in [0.25, 0.3) is 90.0 Å². The quantitative estimate of drug-likeness (QED) is 0.162. The molecule has 0 saturated heterocycles. The van der Waals surface area contributed by atoms with Gasteiger partial charge in [-0.2, -0.15) is 0 Å². The maximum absolute atomic E-state index is 6.30. The molecule has 7 aromatic carbocycles. The molecule has 2 heterocycles. The van der Waals surface area contributed by atoms with E-state index in [1.807, 2.05) is 72.8 Å². The first-order valence-corrected chi connectivity index (χ1v) is 17.4. The van der Waals surface area contributed by atoms with Crippen molar-refractivity contribution in [3.05, 3.63) is 187 Å². The van der Waals surface area contributed by atoms with Crippen molar-refractivity contribution in [2.75, 3.05) is 0 Å². The SMILES string of the molecule is C=Cc1c(/C=C\Cc2ccc(-c3ccc4ccccc4c3-c3nc(-c4ccccc4)nc(-c4ccccc4)n3)cc2)oc2ccc3ccccc3c12. The van der Waals surface area contributed by atoms with Crippen molar-refractivity contribution < 1.29 is 4.42 Å². The molecule has 4 heteroatoms. The first-order valence-electron chi connectivity index (χ1n) is 17.4. The number of benzene rings is 7. The highest BCUT2D eigenvalue weighted by Crippen LogP contribution is 2.38. The molecule has 2 aromatic heterocycles. The van der Waals surface area contributed by atoms with Crippen molar-refractivity contribution in [3.63, 3.8) is 0 Å². The lowest BCUT2D eigenvalue weighted by atomic mass is 9.93. The molecule has 0 radical (unpaired) electrons. The molecule has 0 aliphatic rings. The number of fused-ring (bicyclic) bond motifs is 4. The van der Waals surface area contributed by atoms with Gasteiger partial charge < -0.3 is 4.42 Å². The molecule has 9 rings (SSSR count). The van der Waals surface area contributed by atoms with E-state index in [9.17, 15) is 0 Å². The van der Waals surface area contributed by atoms with Gasteiger partial charge in [0.25, 0.3) is 0 Å². The number of aromatic nitrogens is 3. The predicted octanol–water partition coefficient (Wildman–Crippen LogP) is 12.5. The second kappa shape index (κ2) is 13.4. The molecule has 0 unspecified atom stereocenters. The summed E-state index contributed by atoms with van der Waals surface area (Å²) in [5.41, 5.74) is 8.11. The third-order valence-electron chi connectivity index (χ3n) is 9.59. The number of hydrogen-bond acceptors (Lipinski definition) is 4. The molecule has 0 fully saturated rings. The third-order valence-corrected chi connectivity index (χ3v) is 9.59. The molecule has 246 valence electrons. The van der Waals surface area contributed by atoms with Gasteiger partial charge in [-0.05, 0) is 56.8 Å². The lowest BCUT2D eigenvalue weighted by Crippen LogP contribution is -2.01. The van der Waals surface area contributed by atoms with E-state index >= 15 is 0 Å². The van der Waals surface area contributed by atoms with Crippen molar-refractivity contribution >= 4 is 44.7 Å². The average Bonchev–Trinajstić information content (AvgIpc) is 3.59. The summed E-state index contributed by atoms with van der Waals surface area (Å²) < 4.78 is 6.30. The van der Waals surface area contributed by atoms with Gasteiger partial charge in [-0.1, -0.05) is 170 Å². The van der Waals surface area contributed by atoms with Crippen LogP contribution in [0.3, 0.4) is 0 Å². The van der Waals surface area contributed by atoms with Crippen LogP contribution in [0.4, 0.5) is 0 Å². The molecule has 0 saturated carbocycles. The number of nitrogens with zero attached hydrogens (tertiary/aromatic N) is 3. The zero-order valence-electron chi connectivity index (χ0n) is 28.4. The molecule has 52 heavy (non-hydrogen) atoms. The van der Waals surface area contributed by atoms with Crippen molar-refractivity contribution in [2.45, 2.75) is 6.42 Å². The van der Waals surface area contributed by atoms with Crippen LogP contribution in [0.2, 0.25) is 0 Å². The monoisotopic (exact) mass is 667 g/mol. The maximum Gasteiger partial charge on any atom is 0.165 e. The standard InChI is InChI=1S/C48H33N3O/c1-2-38-42(52-43-31-29-34-16-9-11-21-39(34)44(38)43)23-13-14-32-24-26-35(27-25-32)41-30-28-33-15-10-12-22-40(33)45(41)48-50-46(36-17-5-3-6-18-36)49-47(51-48)37-19-7-4-8-20-37/h2-13,15-31H,1,14H2/b23-13-. The first kappa shape index (κ1) is 31.1. The zero-order valence-corrected chi connectivity index (χ0v) is 28.4. The maximum atomic E-state index is 6.30. The Morgan fingerprint density at radius 2 is 1.10 bits per heavy atom. The molecule has 9 aromatic rings. The Kier molecular flexibility index (Phi) is 8.03. The lowest BCUT2D eigenvalue weighted by Gasteiger charge is -2.15. The van der Waals surface area contributed by atoms with E-state index < -0.39 is 0 Å². The molecule has 0 amide bonds. The molecule has 0 spiro atoms. The third kappa shape index (κ3) is 5.76. The zero-order chi connectivity index (χ0) is 34.9. The van der Waals surface area contributed by atoms with E-state index in [2.05, 4.69) is 110 Å². The molecule has 0 aliphatic carbocycles. The van der Waals surface area contributed by atoms with E-state index in [1.165, 1.54) is 16.3 Å². The fourth-order valence-corrected chi connectivity index (χ4v) is 7.03. The van der Waals surface area contributed by atoms with Crippen LogP contribution >= 0.6 is 0 Å². The summed E-state index contributed by atoms with van der Waals surface area (Å²) >= 11 is 0. The van der Waals surface area contributed by atoms with Gasteiger partial charge in [0.15, 0.2) is 17.5 Å². The van der Waals surface area contributed by atoms with Crippen molar-refractivity contribution in [2.24, 2.45) is 0 Å².